The molecule has 27 heavy (non-hydrogen) atoms. The monoisotopic (exact) mass is 382 g/mol. The molecule has 3 aromatic rings. The van der Waals surface area contributed by atoms with Gasteiger partial charge in [0.15, 0.2) is 5.16 Å². The predicted molar refractivity (Wildman–Crippen MR) is 106 cm³/mol. The molecule has 0 radical (unpaired) electrons. The smallest absolute Gasteiger partial charge is 0.337 e. The molecule has 0 saturated heterocycles. The van der Waals surface area contributed by atoms with Crippen LogP contribution in [0.4, 0.5) is 0 Å². The Hall–Kier alpha value is -2.57. The summed E-state index contributed by atoms with van der Waals surface area (Å²) < 4.78 is 6.80. The van der Waals surface area contributed by atoms with E-state index in [9.17, 15) is 9.90 Å². The highest BCUT2D eigenvalue weighted by atomic mass is 32.2. The SMILES string of the molecule is COC(=O)c1ccc(CSc2ncc(CO)n2C(C)c2ccccc2)cc1. The van der Waals surface area contributed by atoms with Gasteiger partial charge in [-0.2, -0.15) is 0 Å². The van der Waals surface area contributed by atoms with Crippen LogP contribution in [0.1, 0.15) is 40.1 Å². The normalized spacial score (nSPS) is 12.0. The minimum atomic E-state index is -0.339. The van der Waals surface area contributed by atoms with Crippen molar-refractivity contribution in [3.05, 3.63) is 83.2 Å². The number of hydrogen-bond acceptors (Lipinski definition) is 5. The number of hydrogen-bond donors (Lipinski definition) is 1. The fraction of sp³-hybridized carbons (Fsp3) is 0.238. The van der Waals surface area contributed by atoms with Crippen LogP contribution in [0, 0.1) is 0 Å². The molecule has 0 aliphatic carbocycles. The zero-order valence-corrected chi connectivity index (χ0v) is 16.1. The maximum Gasteiger partial charge on any atom is 0.337 e. The Morgan fingerprint density at radius 1 is 1.19 bits per heavy atom. The molecule has 0 aliphatic heterocycles. The largest absolute Gasteiger partial charge is 0.465 e. The molecule has 1 heterocycles. The highest BCUT2D eigenvalue weighted by Crippen LogP contribution is 2.29. The molecule has 0 aliphatic rings. The first kappa shape index (κ1) is 19.2. The molecule has 1 atom stereocenters. The summed E-state index contributed by atoms with van der Waals surface area (Å²) in [5, 5.41) is 10.6. The second-order valence-corrected chi connectivity index (χ2v) is 7.07. The van der Waals surface area contributed by atoms with Gasteiger partial charge in [-0.1, -0.05) is 54.2 Å². The number of aliphatic hydroxyl groups excluding tert-OH is 1. The lowest BCUT2D eigenvalue weighted by Crippen LogP contribution is -2.11. The van der Waals surface area contributed by atoms with Crippen LogP contribution in [-0.2, 0) is 17.1 Å². The number of carbonyl (C=O) groups excluding carboxylic acids is 1. The number of thioether (sulfide) groups is 1. The number of imidazole rings is 1. The standard InChI is InChI=1S/C21H22N2O3S/c1-15(17-6-4-3-5-7-17)23-19(13-24)12-22-21(23)27-14-16-8-10-18(11-9-16)20(25)26-2/h3-12,15,24H,13-14H2,1-2H3. The lowest BCUT2D eigenvalue weighted by molar-refractivity contribution is 0.0600. The van der Waals surface area contributed by atoms with Crippen molar-refractivity contribution in [1.29, 1.82) is 0 Å². The van der Waals surface area contributed by atoms with E-state index in [0.717, 1.165) is 22.0 Å². The maximum atomic E-state index is 11.5. The van der Waals surface area contributed by atoms with Crippen molar-refractivity contribution in [1.82, 2.24) is 9.55 Å². The Balaban J connectivity index is 1.77. The van der Waals surface area contributed by atoms with E-state index in [0.29, 0.717) is 11.3 Å². The molecular formula is C21H22N2O3S. The predicted octanol–water partition coefficient (Wildman–Crippen LogP) is 4.06. The van der Waals surface area contributed by atoms with E-state index in [1.54, 1.807) is 30.1 Å². The Bertz CT molecular complexity index is 892. The fourth-order valence-electron chi connectivity index (χ4n) is 2.90. The quantitative estimate of drug-likeness (QED) is 0.493. The van der Waals surface area contributed by atoms with E-state index in [1.165, 1.54) is 7.11 Å². The first-order chi connectivity index (χ1) is 13.1. The molecule has 0 saturated carbocycles. The number of ether oxygens (including phenoxy) is 1. The number of aliphatic hydroxyl groups is 1. The van der Waals surface area contributed by atoms with Crippen LogP contribution in [0.3, 0.4) is 0 Å². The van der Waals surface area contributed by atoms with Crippen molar-refractivity contribution < 1.29 is 14.6 Å². The summed E-state index contributed by atoms with van der Waals surface area (Å²) in [5.41, 5.74) is 3.57. The van der Waals surface area contributed by atoms with Crippen molar-refractivity contribution in [2.75, 3.05) is 7.11 Å². The first-order valence-electron chi connectivity index (χ1n) is 8.66. The molecule has 5 nitrogen and oxygen atoms in total. The number of aromatic nitrogens is 2. The summed E-state index contributed by atoms with van der Waals surface area (Å²) >= 11 is 1.60. The molecule has 1 N–H and O–H groups in total. The van der Waals surface area contributed by atoms with Crippen LogP contribution in [0.2, 0.25) is 0 Å². The molecule has 6 heteroatoms. The van der Waals surface area contributed by atoms with E-state index in [-0.39, 0.29) is 18.6 Å². The van der Waals surface area contributed by atoms with Crippen LogP contribution in [0.25, 0.3) is 0 Å². The summed E-state index contributed by atoms with van der Waals surface area (Å²) in [6.45, 7) is 2.05. The molecule has 0 fully saturated rings. The molecule has 140 valence electrons. The highest BCUT2D eigenvalue weighted by Gasteiger charge is 2.17. The summed E-state index contributed by atoms with van der Waals surface area (Å²) in [5.74, 6) is 0.374. The van der Waals surface area contributed by atoms with E-state index >= 15 is 0 Å². The average molecular weight is 382 g/mol. The van der Waals surface area contributed by atoms with Crippen molar-refractivity contribution in [3.63, 3.8) is 0 Å². The molecule has 0 amide bonds. The number of nitrogens with zero attached hydrogens (tertiary/aromatic N) is 2. The van der Waals surface area contributed by atoms with Gasteiger partial charge in [0.05, 0.1) is 37.2 Å². The molecule has 1 aromatic heterocycles. The van der Waals surface area contributed by atoms with Gasteiger partial charge in [-0.25, -0.2) is 9.78 Å². The zero-order valence-electron chi connectivity index (χ0n) is 15.3. The Kier molecular flexibility index (Phi) is 6.32. The molecule has 1 unspecified atom stereocenters. The van der Waals surface area contributed by atoms with E-state index in [1.807, 2.05) is 30.3 Å². The first-order valence-corrected chi connectivity index (χ1v) is 9.64. The summed E-state index contributed by atoms with van der Waals surface area (Å²) in [7, 11) is 1.37. The third-order valence-corrected chi connectivity index (χ3v) is 5.45. The van der Waals surface area contributed by atoms with Gasteiger partial charge < -0.3 is 14.4 Å². The van der Waals surface area contributed by atoms with Gasteiger partial charge in [0.1, 0.15) is 0 Å². The molecule has 3 rings (SSSR count). The third-order valence-electron chi connectivity index (χ3n) is 4.41. The van der Waals surface area contributed by atoms with Gasteiger partial charge in [-0.05, 0) is 30.2 Å². The summed E-state index contributed by atoms with van der Waals surface area (Å²) in [4.78, 5) is 16.0. The molecule has 0 spiro atoms. The van der Waals surface area contributed by atoms with E-state index in [2.05, 4.69) is 28.6 Å². The number of rotatable bonds is 7. The Labute approximate surface area is 163 Å². The summed E-state index contributed by atoms with van der Waals surface area (Å²) in [6, 6.07) is 17.6. The van der Waals surface area contributed by atoms with E-state index in [4.69, 9.17) is 4.74 Å². The van der Waals surface area contributed by atoms with Crippen LogP contribution >= 0.6 is 11.8 Å². The van der Waals surface area contributed by atoms with Crippen LogP contribution < -0.4 is 0 Å². The number of benzene rings is 2. The molecule has 2 aromatic carbocycles. The van der Waals surface area contributed by atoms with Gasteiger partial charge in [0.25, 0.3) is 0 Å². The van der Waals surface area contributed by atoms with Crippen molar-refractivity contribution in [3.8, 4) is 0 Å². The second kappa shape index (κ2) is 8.88. The van der Waals surface area contributed by atoms with Gasteiger partial charge in [-0.3, -0.25) is 0 Å². The third kappa shape index (κ3) is 4.40. The van der Waals surface area contributed by atoms with Crippen molar-refractivity contribution in [2.45, 2.75) is 30.5 Å². The topological polar surface area (TPSA) is 64.3 Å². The van der Waals surface area contributed by atoms with Crippen LogP contribution in [0.15, 0.2) is 66.0 Å². The number of methoxy groups -OCH3 is 1. The molecule has 0 bridgehead atoms. The Morgan fingerprint density at radius 3 is 2.52 bits per heavy atom. The van der Waals surface area contributed by atoms with Gasteiger partial charge in [0, 0.05) is 5.75 Å². The minimum Gasteiger partial charge on any atom is -0.465 e. The van der Waals surface area contributed by atoms with Gasteiger partial charge >= 0.3 is 5.97 Å². The number of carbonyl (C=O) groups is 1. The average Bonchev–Trinajstić information content (AvgIpc) is 3.15. The lowest BCUT2D eigenvalue weighted by atomic mass is 10.1. The van der Waals surface area contributed by atoms with Gasteiger partial charge in [-0.15, -0.1) is 0 Å². The van der Waals surface area contributed by atoms with Crippen molar-refractivity contribution >= 4 is 17.7 Å². The maximum absolute atomic E-state index is 11.5. The van der Waals surface area contributed by atoms with Gasteiger partial charge in [0.2, 0.25) is 0 Å². The van der Waals surface area contributed by atoms with Crippen molar-refractivity contribution in [2.24, 2.45) is 0 Å². The van der Waals surface area contributed by atoms with Crippen LogP contribution in [0.5, 0.6) is 0 Å². The lowest BCUT2D eigenvalue weighted by Gasteiger charge is -2.19. The second-order valence-electron chi connectivity index (χ2n) is 6.12. The van der Waals surface area contributed by atoms with E-state index < -0.39 is 0 Å². The fourth-order valence-corrected chi connectivity index (χ4v) is 3.93. The molecular weight excluding hydrogens is 360 g/mol. The zero-order chi connectivity index (χ0) is 19.2. The number of esters is 1. The highest BCUT2D eigenvalue weighted by molar-refractivity contribution is 7.98. The minimum absolute atomic E-state index is 0.0570. The Morgan fingerprint density at radius 2 is 1.89 bits per heavy atom. The summed E-state index contributed by atoms with van der Waals surface area (Å²) in [6.07, 6.45) is 1.72. The van der Waals surface area contributed by atoms with Crippen LogP contribution in [-0.4, -0.2) is 27.7 Å².